The normalized spacial score (nSPS) is 20.4. The zero-order valence-corrected chi connectivity index (χ0v) is 20.2. The first-order chi connectivity index (χ1) is 15.1. The molecule has 1 aliphatic carbocycles. The fourth-order valence-electron chi connectivity index (χ4n) is 4.11. The van der Waals surface area contributed by atoms with E-state index in [1.807, 2.05) is 51.1 Å². The van der Waals surface area contributed by atoms with Gasteiger partial charge in [0.25, 0.3) is 0 Å². The van der Waals surface area contributed by atoms with E-state index >= 15 is 0 Å². The summed E-state index contributed by atoms with van der Waals surface area (Å²) in [7, 11) is 0. The van der Waals surface area contributed by atoms with E-state index in [4.69, 9.17) is 10.5 Å². The van der Waals surface area contributed by atoms with Gasteiger partial charge in [-0.15, -0.1) is 0 Å². The number of alkyl carbamates (subject to hydrolysis) is 1. The maximum absolute atomic E-state index is 12.2. The van der Waals surface area contributed by atoms with Crippen molar-refractivity contribution < 1.29 is 14.3 Å². The number of carbonyl (C=O) groups is 2. The van der Waals surface area contributed by atoms with E-state index in [0.29, 0.717) is 6.54 Å². The molecule has 0 aromatic heterocycles. The number of primary amides is 1. The second-order valence-electron chi connectivity index (χ2n) is 9.48. The van der Waals surface area contributed by atoms with Crippen LogP contribution >= 0.6 is 0 Å². The maximum Gasteiger partial charge on any atom is 0.407 e. The van der Waals surface area contributed by atoms with Crippen molar-refractivity contribution in [3.05, 3.63) is 59.7 Å². The van der Waals surface area contributed by atoms with E-state index < -0.39 is 23.0 Å². The molecule has 6 nitrogen and oxygen atoms in total. The first-order valence-corrected chi connectivity index (χ1v) is 11.6. The van der Waals surface area contributed by atoms with Crippen molar-refractivity contribution in [3.63, 3.8) is 0 Å². The van der Waals surface area contributed by atoms with Crippen LogP contribution in [0.5, 0.6) is 0 Å². The van der Waals surface area contributed by atoms with Crippen LogP contribution in [0.25, 0.3) is 0 Å². The fraction of sp³-hybridized carbons (Fsp3) is 0.538. The molecule has 0 saturated carbocycles. The third-order valence-corrected chi connectivity index (χ3v) is 5.44. The Morgan fingerprint density at radius 1 is 1.09 bits per heavy atom. The van der Waals surface area contributed by atoms with Crippen LogP contribution in [0.1, 0.15) is 58.6 Å². The lowest BCUT2D eigenvalue weighted by Crippen LogP contribution is -2.42. The Balaban J connectivity index is 2.38. The average molecular weight is 442 g/mol. The quantitative estimate of drug-likeness (QED) is 0.530. The summed E-state index contributed by atoms with van der Waals surface area (Å²) >= 11 is 0. The number of rotatable bonds is 10. The molecule has 176 valence electrons. The molecule has 0 saturated heterocycles. The fourth-order valence-corrected chi connectivity index (χ4v) is 4.11. The third-order valence-electron chi connectivity index (χ3n) is 5.44. The molecule has 1 aromatic carbocycles. The molecule has 3 N–H and O–H groups in total. The van der Waals surface area contributed by atoms with Gasteiger partial charge < -0.3 is 20.7 Å². The molecule has 1 aliphatic rings. The molecule has 0 fully saturated rings. The number of ether oxygens (including phenoxy) is 1. The predicted octanol–water partition coefficient (Wildman–Crippen LogP) is 4.30. The van der Waals surface area contributed by atoms with Gasteiger partial charge in [0.1, 0.15) is 5.60 Å². The lowest BCUT2D eigenvalue weighted by atomic mass is 9.73. The SMILES string of the molecule is CCCN(CCC)CC1(c2ccccc2CNC(=O)OC(C)(C)C)C=CC(C(N)=O)C=C1. The van der Waals surface area contributed by atoms with E-state index in [2.05, 4.69) is 42.3 Å². The van der Waals surface area contributed by atoms with Crippen LogP contribution in [0.4, 0.5) is 4.79 Å². The molecule has 1 aromatic rings. The van der Waals surface area contributed by atoms with Gasteiger partial charge in [-0.1, -0.05) is 62.4 Å². The van der Waals surface area contributed by atoms with Crippen LogP contribution in [0, 0.1) is 5.92 Å². The second kappa shape index (κ2) is 11.3. The van der Waals surface area contributed by atoms with E-state index in [-0.39, 0.29) is 5.91 Å². The Bertz CT molecular complexity index is 819. The van der Waals surface area contributed by atoms with E-state index in [0.717, 1.165) is 43.6 Å². The first kappa shape index (κ1) is 25.7. The number of hydrogen-bond donors (Lipinski definition) is 2. The highest BCUT2D eigenvalue weighted by Crippen LogP contribution is 2.35. The Labute approximate surface area is 192 Å². The molecule has 2 rings (SSSR count). The molecule has 0 unspecified atom stereocenters. The van der Waals surface area contributed by atoms with E-state index in [1.165, 1.54) is 0 Å². The van der Waals surface area contributed by atoms with Gasteiger partial charge in [-0.2, -0.15) is 0 Å². The number of nitrogens with zero attached hydrogens (tertiary/aromatic N) is 1. The van der Waals surface area contributed by atoms with E-state index in [1.54, 1.807) is 0 Å². The lowest BCUT2D eigenvalue weighted by molar-refractivity contribution is -0.119. The highest BCUT2D eigenvalue weighted by molar-refractivity contribution is 5.81. The van der Waals surface area contributed by atoms with Crippen molar-refractivity contribution in [3.8, 4) is 0 Å². The highest BCUT2D eigenvalue weighted by Gasteiger charge is 2.34. The zero-order chi connectivity index (χ0) is 23.8. The number of hydrogen-bond acceptors (Lipinski definition) is 4. The van der Waals surface area contributed by atoms with Gasteiger partial charge in [0.2, 0.25) is 5.91 Å². The monoisotopic (exact) mass is 441 g/mol. The summed E-state index contributed by atoms with van der Waals surface area (Å²) in [5.74, 6) is -0.758. The summed E-state index contributed by atoms with van der Waals surface area (Å²) < 4.78 is 5.40. The summed E-state index contributed by atoms with van der Waals surface area (Å²) in [4.78, 5) is 26.4. The Morgan fingerprint density at radius 3 is 2.22 bits per heavy atom. The average Bonchev–Trinajstić information content (AvgIpc) is 2.72. The smallest absolute Gasteiger partial charge is 0.407 e. The summed E-state index contributed by atoms with van der Waals surface area (Å²) in [6.07, 6.45) is 9.70. The number of nitrogens with one attached hydrogen (secondary N) is 1. The van der Waals surface area contributed by atoms with Gasteiger partial charge in [0.15, 0.2) is 0 Å². The summed E-state index contributed by atoms with van der Waals surface area (Å²) in [6.45, 7) is 13.0. The van der Waals surface area contributed by atoms with Crippen LogP contribution in [-0.4, -0.2) is 42.1 Å². The maximum atomic E-state index is 12.2. The van der Waals surface area contributed by atoms with Gasteiger partial charge in [-0.05, 0) is 57.8 Å². The van der Waals surface area contributed by atoms with Gasteiger partial charge >= 0.3 is 6.09 Å². The van der Waals surface area contributed by atoms with E-state index in [9.17, 15) is 9.59 Å². The molecule has 0 radical (unpaired) electrons. The highest BCUT2D eigenvalue weighted by atomic mass is 16.6. The molecule has 6 heteroatoms. The largest absolute Gasteiger partial charge is 0.444 e. The van der Waals surface area contributed by atoms with Crippen molar-refractivity contribution in [2.24, 2.45) is 11.7 Å². The van der Waals surface area contributed by atoms with Crippen molar-refractivity contribution in [1.29, 1.82) is 0 Å². The molecule has 0 aliphatic heterocycles. The minimum atomic E-state index is -0.551. The Hall–Kier alpha value is -2.60. The second-order valence-corrected chi connectivity index (χ2v) is 9.48. The summed E-state index contributed by atoms with van der Waals surface area (Å²) in [5, 5.41) is 2.89. The predicted molar refractivity (Wildman–Crippen MR) is 129 cm³/mol. The third kappa shape index (κ3) is 7.23. The van der Waals surface area contributed by atoms with Crippen LogP contribution in [-0.2, 0) is 21.5 Å². The first-order valence-electron chi connectivity index (χ1n) is 11.6. The standard InChI is InChI=1S/C26H39N3O3/c1-6-16-29(17-7-2)19-26(14-12-20(13-15-26)23(27)30)22-11-9-8-10-21(22)18-28-24(31)32-25(3,4)5/h8-15,20H,6-7,16-19H2,1-5H3,(H2,27,30)(H,28,31). The lowest BCUT2D eigenvalue weighted by Gasteiger charge is -2.38. The van der Waals surface area contributed by atoms with Gasteiger partial charge in [0, 0.05) is 18.5 Å². The molecule has 0 heterocycles. The van der Waals surface area contributed by atoms with Crippen molar-refractivity contribution in [1.82, 2.24) is 10.2 Å². The number of carbonyl (C=O) groups excluding carboxylic acids is 2. The molecule has 0 spiro atoms. The molecule has 0 bridgehead atoms. The van der Waals surface area contributed by atoms with Crippen LogP contribution in [0.2, 0.25) is 0 Å². The summed E-state index contributed by atoms with van der Waals surface area (Å²) in [5.41, 5.74) is 6.69. The van der Waals surface area contributed by atoms with Crippen LogP contribution < -0.4 is 11.1 Å². The molecule has 2 amide bonds. The van der Waals surface area contributed by atoms with Crippen LogP contribution in [0.15, 0.2) is 48.6 Å². The number of amides is 2. The van der Waals surface area contributed by atoms with Gasteiger partial charge in [0.05, 0.1) is 5.92 Å². The minimum absolute atomic E-state index is 0.356. The van der Waals surface area contributed by atoms with Gasteiger partial charge in [-0.3, -0.25) is 4.79 Å². The Morgan fingerprint density at radius 2 is 1.69 bits per heavy atom. The topological polar surface area (TPSA) is 84.7 Å². The van der Waals surface area contributed by atoms with Crippen molar-refractivity contribution in [2.75, 3.05) is 19.6 Å². The minimum Gasteiger partial charge on any atom is -0.444 e. The van der Waals surface area contributed by atoms with Gasteiger partial charge in [-0.25, -0.2) is 4.79 Å². The molecule has 32 heavy (non-hydrogen) atoms. The molecular weight excluding hydrogens is 402 g/mol. The summed E-state index contributed by atoms with van der Waals surface area (Å²) in [6, 6.07) is 8.11. The number of benzene rings is 1. The van der Waals surface area contributed by atoms with Crippen molar-refractivity contribution >= 4 is 12.0 Å². The van der Waals surface area contributed by atoms with Crippen molar-refractivity contribution in [2.45, 2.75) is 65.0 Å². The number of nitrogens with two attached hydrogens (primary N) is 1. The zero-order valence-electron chi connectivity index (χ0n) is 20.2. The molecular formula is C26H39N3O3. The van der Waals surface area contributed by atoms with Crippen LogP contribution in [0.3, 0.4) is 0 Å². The Kier molecular flexibility index (Phi) is 9.08. The molecule has 0 atom stereocenters.